The maximum atomic E-state index is 13.2. The third-order valence-corrected chi connectivity index (χ3v) is 4.52. The smallest absolute Gasteiger partial charge is 0.254 e. The lowest BCUT2D eigenvalue weighted by Gasteiger charge is -2.35. The molecule has 1 aliphatic rings. The second kappa shape index (κ2) is 6.52. The molecule has 7 nitrogen and oxygen atoms in total. The predicted molar refractivity (Wildman–Crippen MR) is 93.4 cm³/mol. The first-order valence-corrected chi connectivity index (χ1v) is 8.33. The van der Waals surface area contributed by atoms with E-state index >= 15 is 0 Å². The number of carbonyl (C=O) groups is 1. The molecule has 3 heterocycles. The van der Waals surface area contributed by atoms with E-state index in [2.05, 4.69) is 15.4 Å². The lowest BCUT2D eigenvalue weighted by atomic mass is 10.1. The molecule has 7 heteroatoms. The van der Waals surface area contributed by atoms with Crippen molar-refractivity contribution in [2.45, 2.75) is 6.04 Å². The average Bonchev–Trinajstić information content (AvgIpc) is 3.33. The minimum absolute atomic E-state index is 0.0171. The number of aryl methyl sites for hydroxylation is 1. The summed E-state index contributed by atoms with van der Waals surface area (Å²) in [5.41, 5.74) is 1.54. The maximum Gasteiger partial charge on any atom is 0.254 e. The number of rotatable bonds is 3. The minimum Gasteiger partial charge on any atom is -0.336 e. The molecule has 25 heavy (non-hydrogen) atoms. The van der Waals surface area contributed by atoms with Crippen LogP contribution in [0.5, 0.6) is 0 Å². The van der Waals surface area contributed by atoms with Crippen molar-refractivity contribution in [1.29, 1.82) is 0 Å². The van der Waals surface area contributed by atoms with E-state index in [1.807, 2.05) is 59.2 Å². The lowest BCUT2D eigenvalue weighted by molar-refractivity contribution is 0.0621. The van der Waals surface area contributed by atoms with Gasteiger partial charge in [0, 0.05) is 57.0 Å². The summed E-state index contributed by atoms with van der Waals surface area (Å²) in [6.45, 7) is 2.14. The van der Waals surface area contributed by atoms with Gasteiger partial charge in [-0.05, 0) is 24.3 Å². The van der Waals surface area contributed by atoms with Gasteiger partial charge in [0.25, 0.3) is 5.91 Å². The fraction of sp³-hybridized carbons (Fsp3) is 0.278. The molecule has 0 bridgehead atoms. The van der Waals surface area contributed by atoms with Gasteiger partial charge in [-0.1, -0.05) is 6.07 Å². The van der Waals surface area contributed by atoms with E-state index in [9.17, 15) is 4.79 Å². The van der Waals surface area contributed by atoms with Gasteiger partial charge in [-0.15, -0.1) is 0 Å². The Kier molecular flexibility index (Phi) is 4.07. The van der Waals surface area contributed by atoms with E-state index < -0.39 is 0 Å². The van der Waals surface area contributed by atoms with Gasteiger partial charge in [-0.2, -0.15) is 5.10 Å². The molecular weight excluding hydrogens is 316 g/mol. The molecule has 1 atom stereocenters. The van der Waals surface area contributed by atoms with Crippen molar-refractivity contribution in [3.8, 4) is 5.69 Å². The Morgan fingerprint density at radius 2 is 2.16 bits per heavy atom. The molecule has 1 amide bonds. The van der Waals surface area contributed by atoms with Crippen LogP contribution in [0.2, 0.25) is 0 Å². The van der Waals surface area contributed by atoms with Crippen LogP contribution in [0.15, 0.2) is 55.1 Å². The summed E-state index contributed by atoms with van der Waals surface area (Å²) in [6.07, 6.45) is 7.27. The Bertz CT molecular complexity index is 869. The minimum atomic E-state index is -0.0744. The first-order valence-electron chi connectivity index (χ1n) is 8.33. The summed E-state index contributed by atoms with van der Waals surface area (Å²) in [6, 6.07) is 9.36. The molecule has 1 aromatic carbocycles. The number of nitrogens with one attached hydrogen (secondary N) is 1. The van der Waals surface area contributed by atoms with Crippen LogP contribution in [0.25, 0.3) is 5.69 Å². The Morgan fingerprint density at radius 1 is 1.24 bits per heavy atom. The largest absolute Gasteiger partial charge is 0.336 e. The zero-order valence-electron chi connectivity index (χ0n) is 14.0. The van der Waals surface area contributed by atoms with E-state index in [1.54, 1.807) is 17.1 Å². The summed E-state index contributed by atoms with van der Waals surface area (Å²) in [5.74, 6) is 0.910. The zero-order chi connectivity index (χ0) is 17.2. The number of imidazole rings is 1. The van der Waals surface area contributed by atoms with Gasteiger partial charge in [-0.3, -0.25) is 4.79 Å². The summed E-state index contributed by atoms with van der Waals surface area (Å²) in [7, 11) is 1.96. The highest BCUT2D eigenvalue weighted by Gasteiger charge is 2.31. The molecule has 3 aromatic rings. The fourth-order valence-corrected chi connectivity index (χ4v) is 3.25. The van der Waals surface area contributed by atoms with Gasteiger partial charge in [-0.25, -0.2) is 9.67 Å². The van der Waals surface area contributed by atoms with Gasteiger partial charge in [0.1, 0.15) is 11.9 Å². The van der Waals surface area contributed by atoms with Gasteiger partial charge < -0.3 is 14.8 Å². The van der Waals surface area contributed by atoms with Gasteiger partial charge in [0.2, 0.25) is 0 Å². The second-order valence-electron chi connectivity index (χ2n) is 6.12. The van der Waals surface area contributed by atoms with Crippen LogP contribution in [0.1, 0.15) is 22.2 Å². The van der Waals surface area contributed by atoms with Crippen LogP contribution in [0.4, 0.5) is 0 Å². The molecule has 0 radical (unpaired) electrons. The van der Waals surface area contributed by atoms with Gasteiger partial charge in [0.15, 0.2) is 0 Å². The molecule has 1 fully saturated rings. The molecule has 0 spiro atoms. The first kappa shape index (κ1) is 15.6. The van der Waals surface area contributed by atoms with Crippen LogP contribution in [-0.2, 0) is 7.05 Å². The number of carbonyl (C=O) groups excluding carboxylic acids is 1. The summed E-state index contributed by atoms with van der Waals surface area (Å²) >= 11 is 0. The highest BCUT2D eigenvalue weighted by atomic mass is 16.2. The van der Waals surface area contributed by atoms with Crippen LogP contribution >= 0.6 is 0 Å². The Hall–Kier alpha value is -2.93. The summed E-state index contributed by atoms with van der Waals surface area (Å²) in [4.78, 5) is 19.5. The van der Waals surface area contributed by atoms with Crippen molar-refractivity contribution < 1.29 is 4.79 Å². The number of aromatic nitrogens is 4. The monoisotopic (exact) mass is 336 g/mol. The molecule has 2 aromatic heterocycles. The van der Waals surface area contributed by atoms with Crippen LogP contribution in [-0.4, -0.2) is 49.8 Å². The number of amides is 1. The zero-order valence-corrected chi connectivity index (χ0v) is 14.0. The number of piperazine rings is 1. The van der Waals surface area contributed by atoms with Crippen molar-refractivity contribution >= 4 is 5.91 Å². The van der Waals surface area contributed by atoms with Crippen molar-refractivity contribution in [3.05, 3.63) is 66.5 Å². The topological polar surface area (TPSA) is 68.0 Å². The molecule has 4 rings (SSSR count). The number of nitrogens with zero attached hydrogens (tertiary/aromatic N) is 5. The molecule has 0 saturated carbocycles. The van der Waals surface area contributed by atoms with Gasteiger partial charge >= 0.3 is 0 Å². The SMILES string of the molecule is Cn1ccnc1C1CNCCN1C(=O)c1cccc(-n2cccn2)c1. The molecule has 1 N–H and O–H groups in total. The summed E-state index contributed by atoms with van der Waals surface area (Å²) < 4.78 is 3.73. The molecule has 1 saturated heterocycles. The Labute approximate surface area is 145 Å². The highest BCUT2D eigenvalue weighted by molar-refractivity contribution is 5.95. The van der Waals surface area contributed by atoms with Crippen molar-refractivity contribution in [2.24, 2.45) is 7.05 Å². The number of hydrogen-bond acceptors (Lipinski definition) is 4. The average molecular weight is 336 g/mol. The number of hydrogen-bond donors (Lipinski definition) is 1. The van der Waals surface area contributed by atoms with Crippen molar-refractivity contribution in [2.75, 3.05) is 19.6 Å². The maximum absolute atomic E-state index is 13.2. The quantitative estimate of drug-likeness (QED) is 0.785. The standard InChI is InChI=1S/C18H20N6O/c1-22-10-8-20-17(22)16-13-19-7-11-23(16)18(25)14-4-2-5-15(12-14)24-9-3-6-21-24/h2-6,8-10,12,16,19H,7,11,13H2,1H3. The highest BCUT2D eigenvalue weighted by Crippen LogP contribution is 2.23. The van der Waals surface area contributed by atoms with Crippen molar-refractivity contribution in [3.63, 3.8) is 0 Å². The Morgan fingerprint density at radius 3 is 2.92 bits per heavy atom. The van der Waals surface area contributed by atoms with Gasteiger partial charge in [0.05, 0.1) is 5.69 Å². The molecule has 1 unspecified atom stereocenters. The third kappa shape index (κ3) is 2.94. The van der Waals surface area contributed by atoms with E-state index in [4.69, 9.17) is 0 Å². The van der Waals surface area contributed by atoms with Crippen LogP contribution in [0.3, 0.4) is 0 Å². The second-order valence-corrected chi connectivity index (χ2v) is 6.12. The Balaban J connectivity index is 1.65. The summed E-state index contributed by atoms with van der Waals surface area (Å²) in [5, 5.41) is 7.59. The lowest BCUT2D eigenvalue weighted by Crippen LogP contribution is -2.49. The molecule has 128 valence electrons. The first-order chi connectivity index (χ1) is 12.2. The normalized spacial score (nSPS) is 17.6. The predicted octanol–water partition coefficient (Wildman–Crippen LogP) is 1.39. The van der Waals surface area contributed by atoms with E-state index in [1.165, 1.54) is 0 Å². The molecular formula is C18H20N6O. The van der Waals surface area contributed by atoms with Crippen LogP contribution in [0, 0.1) is 0 Å². The van der Waals surface area contributed by atoms with E-state index in [0.717, 1.165) is 18.1 Å². The van der Waals surface area contributed by atoms with E-state index in [-0.39, 0.29) is 11.9 Å². The molecule has 1 aliphatic heterocycles. The van der Waals surface area contributed by atoms with Crippen molar-refractivity contribution in [1.82, 2.24) is 29.5 Å². The fourth-order valence-electron chi connectivity index (χ4n) is 3.25. The molecule has 0 aliphatic carbocycles. The number of benzene rings is 1. The van der Waals surface area contributed by atoms with Crippen LogP contribution < -0.4 is 5.32 Å². The van der Waals surface area contributed by atoms with E-state index in [0.29, 0.717) is 18.7 Å². The third-order valence-electron chi connectivity index (χ3n) is 4.52.